The van der Waals surface area contributed by atoms with Gasteiger partial charge in [0.05, 0.1) is 16.2 Å². The molecule has 0 bridgehead atoms. The van der Waals surface area contributed by atoms with E-state index < -0.39 is 9.84 Å². The lowest BCUT2D eigenvalue weighted by molar-refractivity contribution is 0.0955. The molecule has 0 fully saturated rings. The van der Waals surface area contributed by atoms with Crippen LogP contribution in [0.3, 0.4) is 0 Å². The van der Waals surface area contributed by atoms with Crippen LogP contribution in [-0.2, 0) is 9.84 Å². The third-order valence-corrected chi connectivity index (χ3v) is 5.59. The van der Waals surface area contributed by atoms with Crippen molar-refractivity contribution in [2.75, 3.05) is 12.3 Å². The molecule has 1 N–H and O–H groups in total. The number of halogens is 2. The van der Waals surface area contributed by atoms with Crippen molar-refractivity contribution in [3.8, 4) is 0 Å². The summed E-state index contributed by atoms with van der Waals surface area (Å²) in [5.74, 6) is -0.543. The fourth-order valence-electron chi connectivity index (χ4n) is 1.81. The monoisotopic (exact) mass is 401 g/mol. The van der Waals surface area contributed by atoms with Gasteiger partial charge >= 0.3 is 0 Å². The van der Waals surface area contributed by atoms with Crippen LogP contribution >= 0.6 is 27.5 Å². The average molecular weight is 403 g/mol. The molecule has 0 radical (unpaired) electrons. The number of amides is 1. The molecule has 0 aromatic heterocycles. The Kier molecular flexibility index (Phi) is 5.61. The Morgan fingerprint density at radius 3 is 2.50 bits per heavy atom. The topological polar surface area (TPSA) is 63.2 Å². The van der Waals surface area contributed by atoms with Gasteiger partial charge in [0.25, 0.3) is 5.91 Å². The fourth-order valence-corrected chi connectivity index (χ4v) is 3.59. The summed E-state index contributed by atoms with van der Waals surface area (Å²) in [5.41, 5.74) is 0.365. The predicted octanol–water partition coefficient (Wildman–Crippen LogP) is 3.31. The van der Waals surface area contributed by atoms with Crippen molar-refractivity contribution in [1.29, 1.82) is 0 Å². The van der Waals surface area contributed by atoms with Gasteiger partial charge in [-0.3, -0.25) is 4.79 Å². The molecule has 2 rings (SSSR count). The number of nitrogens with one attached hydrogen (secondary N) is 1. The lowest BCUT2D eigenvalue weighted by atomic mass is 10.2. The van der Waals surface area contributed by atoms with Crippen molar-refractivity contribution >= 4 is 43.3 Å². The molecule has 7 heteroatoms. The fraction of sp³-hybridized carbons (Fsp3) is 0.133. The van der Waals surface area contributed by atoms with E-state index in [1.54, 1.807) is 30.3 Å². The first-order valence-electron chi connectivity index (χ1n) is 6.41. The van der Waals surface area contributed by atoms with E-state index in [1.807, 2.05) is 0 Å². The van der Waals surface area contributed by atoms with Gasteiger partial charge in [-0.15, -0.1) is 0 Å². The minimum Gasteiger partial charge on any atom is -0.351 e. The SMILES string of the molecule is O=C(NCCS(=O)(=O)c1ccccc1)c1cc(Cl)ccc1Br. The van der Waals surface area contributed by atoms with E-state index in [2.05, 4.69) is 21.2 Å². The quantitative estimate of drug-likeness (QED) is 0.834. The third-order valence-electron chi connectivity index (χ3n) is 2.93. The van der Waals surface area contributed by atoms with Crippen molar-refractivity contribution in [2.24, 2.45) is 0 Å². The van der Waals surface area contributed by atoms with Gasteiger partial charge in [-0.1, -0.05) is 29.8 Å². The molecule has 0 aliphatic carbocycles. The molecule has 0 saturated carbocycles. The Bertz CT molecular complexity index is 779. The third kappa shape index (κ3) is 4.32. The number of benzene rings is 2. The summed E-state index contributed by atoms with van der Waals surface area (Å²) in [6.45, 7) is 0.0228. The van der Waals surface area contributed by atoms with Crippen LogP contribution in [0.4, 0.5) is 0 Å². The molecule has 22 heavy (non-hydrogen) atoms. The van der Waals surface area contributed by atoms with Gasteiger partial charge in [-0.05, 0) is 46.3 Å². The number of hydrogen-bond donors (Lipinski definition) is 1. The second kappa shape index (κ2) is 7.26. The molecule has 0 atom stereocenters. The number of hydrogen-bond acceptors (Lipinski definition) is 3. The summed E-state index contributed by atoms with van der Waals surface area (Å²) >= 11 is 9.11. The first-order valence-corrected chi connectivity index (χ1v) is 9.23. The summed E-state index contributed by atoms with van der Waals surface area (Å²) in [6.07, 6.45) is 0. The van der Waals surface area contributed by atoms with E-state index in [1.165, 1.54) is 18.2 Å². The molecule has 116 valence electrons. The molecule has 0 spiro atoms. The van der Waals surface area contributed by atoms with Crippen LogP contribution in [0.2, 0.25) is 5.02 Å². The van der Waals surface area contributed by atoms with Crippen molar-refractivity contribution in [3.63, 3.8) is 0 Å². The van der Waals surface area contributed by atoms with Crippen LogP contribution in [0.25, 0.3) is 0 Å². The van der Waals surface area contributed by atoms with Gasteiger partial charge in [-0.2, -0.15) is 0 Å². The summed E-state index contributed by atoms with van der Waals surface area (Å²) in [6, 6.07) is 13.0. The zero-order valence-electron chi connectivity index (χ0n) is 11.4. The maximum Gasteiger partial charge on any atom is 0.252 e. The van der Waals surface area contributed by atoms with Crippen LogP contribution in [-0.4, -0.2) is 26.6 Å². The van der Waals surface area contributed by atoms with Crippen LogP contribution in [0.1, 0.15) is 10.4 Å². The molecule has 0 unspecified atom stereocenters. The van der Waals surface area contributed by atoms with Gasteiger partial charge in [0.2, 0.25) is 0 Å². The summed E-state index contributed by atoms with van der Waals surface area (Å²) in [7, 11) is -3.41. The molecule has 0 aliphatic heterocycles. The number of sulfone groups is 1. The Hall–Kier alpha value is -1.37. The maximum absolute atomic E-state index is 12.1. The smallest absolute Gasteiger partial charge is 0.252 e. The Morgan fingerprint density at radius 2 is 1.82 bits per heavy atom. The molecule has 2 aromatic rings. The lowest BCUT2D eigenvalue weighted by Gasteiger charge is -2.08. The molecule has 0 heterocycles. The molecular formula is C15H13BrClNO3S. The van der Waals surface area contributed by atoms with Gasteiger partial charge in [0.1, 0.15) is 0 Å². The standard InChI is InChI=1S/C15H13BrClNO3S/c16-14-7-6-11(17)10-13(14)15(19)18-8-9-22(20,21)12-4-2-1-3-5-12/h1-7,10H,8-9H2,(H,18,19). The van der Waals surface area contributed by atoms with Crippen molar-refractivity contribution in [2.45, 2.75) is 4.90 Å². The minimum absolute atomic E-state index is 0.0228. The highest BCUT2D eigenvalue weighted by atomic mass is 79.9. The normalized spacial score (nSPS) is 11.2. The summed E-state index contributed by atoms with van der Waals surface area (Å²) < 4.78 is 24.8. The van der Waals surface area contributed by atoms with Gasteiger partial charge in [0, 0.05) is 16.0 Å². The van der Waals surface area contributed by atoms with Crippen molar-refractivity contribution < 1.29 is 13.2 Å². The first kappa shape index (κ1) is 17.0. The van der Waals surface area contributed by atoms with Gasteiger partial charge in [0.15, 0.2) is 9.84 Å². The molecule has 2 aromatic carbocycles. The van der Waals surface area contributed by atoms with Crippen molar-refractivity contribution in [1.82, 2.24) is 5.32 Å². The van der Waals surface area contributed by atoms with E-state index in [4.69, 9.17) is 11.6 Å². The minimum atomic E-state index is -3.41. The predicted molar refractivity (Wildman–Crippen MR) is 90.0 cm³/mol. The molecule has 1 amide bonds. The molecule has 0 aliphatic rings. The highest BCUT2D eigenvalue weighted by Gasteiger charge is 2.15. The van der Waals surface area contributed by atoms with E-state index in [0.717, 1.165) is 0 Å². The second-order valence-corrected chi connectivity index (χ2v) is 7.91. The largest absolute Gasteiger partial charge is 0.351 e. The molecule has 0 saturated heterocycles. The average Bonchev–Trinajstić information content (AvgIpc) is 2.50. The van der Waals surface area contributed by atoms with Gasteiger partial charge < -0.3 is 5.32 Å². The van der Waals surface area contributed by atoms with Crippen LogP contribution < -0.4 is 5.32 Å². The maximum atomic E-state index is 12.1. The van der Waals surface area contributed by atoms with Gasteiger partial charge in [-0.25, -0.2) is 8.42 Å². The second-order valence-electron chi connectivity index (χ2n) is 4.51. The molecular weight excluding hydrogens is 390 g/mol. The Balaban J connectivity index is 1.99. The summed E-state index contributed by atoms with van der Waals surface area (Å²) in [5, 5.41) is 3.02. The number of carbonyl (C=O) groups excluding carboxylic acids is 1. The number of rotatable bonds is 5. The molecule has 4 nitrogen and oxygen atoms in total. The Morgan fingerprint density at radius 1 is 1.14 bits per heavy atom. The van der Waals surface area contributed by atoms with Crippen molar-refractivity contribution in [3.05, 3.63) is 63.6 Å². The van der Waals surface area contributed by atoms with E-state index >= 15 is 0 Å². The highest BCUT2D eigenvalue weighted by molar-refractivity contribution is 9.10. The van der Waals surface area contributed by atoms with Crippen LogP contribution in [0, 0.1) is 0 Å². The van der Waals surface area contributed by atoms with E-state index in [-0.39, 0.29) is 23.1 Å². The zero-order chi connectivity index (χ0) is 16.2. The zero-order valence-corrected chi connectivity index (χ0v) is 14.6. The number of carbonyl (C=O) groups is 1. The summed E-state index contributed by atoms with van der Waals surface area (Å²) in [4.78, 5) is 12.3. The van der Waals surface area contributed by atoms with Crippen LogP contribution in [0.15, 0.2) is 57.9 Å². The highest BCUT2D eigenvalue weighted by Crippen LogP contribution is 2.21. The van der Waals surface area contributed by atoms with Crippen LogP contribution in [0.5, 0.6) is 0 Å². The lowest BCUT2D eigenvalue weighted by Crippen LogP contribution is -2.29. The van der Waals surface area contributed by atoms with E-state index in [9.17, 15) is 13.2 Å². The first-order chi connectivity index (χ1) is 10.4. The Labute approximate surface area is 142 Å². The van der Waals surface area contributed by atoms with E-state index in [0.29, 0.717) is 15.1 Å².